The summed E-state index contributed by atoms with van der Waals surface area (Å²) < 4.78 is 18.8. The van der Waals surface area contributed by atoms with Crippen LogP contribution in [0.25, 0.3) is 0 Å². The highest BCUT2D eigenvalue weighted by molar-refractivity contribution is 5.74. The average molecular weight is 252 g/mol. The third-order valence-corrected chi connectivity index (χ3v) is 2.82. The molecule has 1 atom stereocenters. The van der Waals surface area contributed by atoms with Gasteiger partial charge in [-0.1, -0.05) is 32.6 Å². The molecule has 1 unspecified atom stereocenters. The smallest absolute Gasteiger partial charge is 0.150 e. The number of carbonyl (C=O) groups is 1. The lowest BCUT2D eigenvalue weighted by atomic mass is 10.1. The van der Waals surface area contributed by atoms with Crippen molar-refractivity contribution in [1.82, 2.24) is 0 Å². The minimum absolute atomic E-state index is 0.0898. The summed E-state index contributed by atoms with van der Waals surface area (Å²) in [6, 6.07) is 6.70. The molecule has 0 spiro atoms. The van der Waals surface area contributed by atoms with E-state index in [2.05, 4.69) is 6.92 Å². The van der Waals surface area contributed by atoms with Crippen molar-refractivity contribution in [2.45, 2.75) is 45.2 Å². The summed E-state index contributed by atoms with van der Waals surface area (Å²) in [5, 5.41) is 0. The molecule has 100 valence electrons. The van der Waals surface area contributed by atoms with Gasteiger partial charge in [-0.25, -0.2) is 4.39 Å². The number of hydrogen-bond donors (Lipinski definition) is 0. The van der Waals surface area contributed by atoms with Crippen LogP contribution in [0.1, 0.15) is 49.4 Å². The summed E-state index contributed by atoms with van der Waals surface area (Å²) in [4.78, 5) is 10.5. The van der Waals surface area contributed by atoms with Crippen molar-refractivity contribution >= 4 is 6.29 Å². The third-order valence-electron chi connectivity index (χ3n) is 2.82. The van der Waals surface area contributed by atoms with Crippen LogP contribution in [0.4, 0.5) is 4.39 Å². The van der Waals surface area contributed by atoms with Gasteiger partial charge >= 0.3 is 0 Å². The standard InChI is InChI=1S/C15H21FO2/c1-2-3-4-5-6-14(16)12-18-15-9-7-13(11-17)8-10-15/h7-11,14H,2-6,12H2,1H3. The number of ether oxygens (including phenoxy) is 1. The molecule has 0 fully saturated rings. The van der Waals surface area contributed by atoms with Gasteiger partial charge in [-0.15, -0.1) is 0 Å². The highest BCUT2D eigenvalue weighted by Gasteiger charge is 2.07. The molecule has 0 aliphatic rings. The lowest BCUT2D eigenvalue weighted by molar-refractivity contribution is 0.112. The molecule has 1 aromatic carbocycles. The summed E-state index contributed by atoms with van der Waals surface area (Å²) in [7, 11) is 0. The van der Waals surface area contributed by atoms with E-state index in [1.807, 2.05) is 0 Å². The Labute approximate surface area is 108 Å². The highest BCUT2D eigenvalue weighted by Crippen LogP contribution is 2.14. The van der Waals surface area contributed by atoms with Gasteiger partial charge in [0.25, 0.3) is 0 Å². The van der Waals surface area contributed by atoms with Crippen LogP contribution in [0.5, 0.6) is 5.75 Å². The lowest BCUT2D eigenvalue weighted by Crippen LogP contribution is -2.12. The normalized spacial score (nSPS) is 12.1. The van der Waals surface area contributed by atoms with Gasteiger partial charge in [-0.2, -0.15) is 0 Å². The fourth-order valence-corrected chi connectivity index (χ4v) is 1.71. The van der Waals surface area contributed by atoms with Gasteiger partial charge in [0.05, 0.1) is 0 Å². The van der Waals surface area contributed by atoms with Gasteiger partial charge in [0.2, 0.25) is 0 Å². The number of alkyl halides is 1. The van der Waals surface area contributed by atoms with Crippen LogP contribution < -0.4 is 4.74 Å². The molecule has 0 N–H and O–H groups in total. The van der Waals surface area contributed by atoms with E-state index in [9.17, 15) is 9.18 Å². The van der Waals surface area contributed by atoms with Crippen molar-refractivity contribution < 1.29 is 13.9 Å². The van der Waals surface area contributed by atoms with Gasteiger partial charge in [0.15, 0.2) is 0 Å². The topological polar surface area (TPSA) is 26.3 Å². The van der Waals surface area contributed by atoms with Crippen molar-refractivity contribution in [3.05, 3.63) is 29.8 Å². The zero-order valence-electron chi connectivity index (χ0n) is 10.9. The number of benzene rings is 1. The second-order valence-electron chi connectivity index (χ2n) is 4.44. The Morgan fingerprint density at radius 2 is 1.94 bits per heavy atom. The van der Waals surface area contributed by atoms with Crippen LogP contribution in [0.15, 0.2) is 24.3 Å². The quantitative estimate of drug-likeness (QED) is 0.486. The number of halogens is 1. The summed E-state index contributed by atoms with van der Waals surface area (Å²) >= 11 is 0. The van der Waals surface area contributed by atoms with Crippen molar-refractivity contribution in [3.8, 4) is 5.75 Å². The van der Waals surface area contributed by atoms with Crippen molar-refractivity contribution in [2.75, 3.05) is 6.61 Å². The molecular weight excluding hydrogens is 231 g/mol. The first-order valence-corrected chi connectivity index (χ1v) is 6.58. The first-order valence-electron chi connectivity index (χ1n) is 6.58. The van der Waals surface area contributed by atoms with E-state index in [0.717, 1.165) is 25.5 Å². The fourth-order valence-electron chi connectivity index (χ4n) is 1.71. The molecule has 3 heteroatoms. The van der Waals surface area contributed by atoms with Crippen molar-refractivity contribution in [1.29, 1.82) is 0 Å². The van der Waals surface area contributed by atoms with E-state index in [0.29, 0.717) is 17.7 Å². The molecule has 0 saturated carbocycles. The molecule has 18 heavy (non-hydrogen) atoms. The number of carbonyl (C=O) groups excluding carboxylic acids is 1. The molecular formula is C15H21FO2. The maximum atomic E-state index is 13.5. The average Bonchev–Trinajstić information content (AvgIpc) is 2.42. The van der Waals surface area contributed by atoms with Crippen LogP contribution in [0, 0.1) is 0 Å². The first-order chi connectivity index (χ1) is 8.76. The Bertz CT molecular complexity index is 335. The van der Waals surface area contributed by atoms with Gasteiger partial charge in [0.1, 0.15) is 24.8 Å². The van der Waals surface area contributed by atoms with Crippen LogP contribution in [0.3, 0.4) is 0 Å². The van der Waals surface area contributed by atoms with Crippen LogP contribution in [-0.4, -0.2) is 19.1 Å². The summed E-state index contributed by atoms with van der Waals surface area (Å²) in [5.41, 5.74) is 0.596. The number of hydrogen-bond acceptors (Lipinski definition) is 2. The molecule has 0 amide bonds. The Morgan fingerprint density at radius 3 is 2.56 bits per heavy atom. The minimum atomic E-state index is -0.910. The molecule has 0 bridgehead atoms. The first kappa shape index (κ1) is 14.7. The zero-order chi connectivity index (χ0) is 13.2. The minimum Gasteiger partial charge on any atom is -0.491 e. The molecule has 0 heterocycles. The molecule has 0 aromatic heterocycles. The maximum Gasteiger partial charge on any atom is 0.150 e. The lowest BCUT2D eigenvalue weighted by Gasteiger charge is -2.10. The van der Waals surface area contributed by atoms with Gasteiger partial charge in [-0.05, 0) is 30.7 Å². The Kier molecular flexibility index (Phi) is 7.07. The molecule has 0 aliphatic carbocycles. The Hall–Kier alpha value is -1.38. The predicted octanol–water partition coefficient (Wildman–Crippen LogP) is 4.19. The van der Waals surface area contributed by atoms with Crippen molar-refractivity contribution in [2.24, 2.45) is 0 Å². The predicted molar refractivity (Wildman–Crippen MR) is 71.0 cm³/mol. The third kappa shape index (κ3) is 5.80. The van der Waals surface area contributed by atoms with Crippen molar-refractivity contribution in [3.63, 3.8) is 0 Å². The second-order valence-corrected chi connectivity index (χ2v) is 4.44. The molecule has 1 aromatic rings. The Balaban J connectivity index is 2.20. The van der Waals surface area contributed by atoms with E-state index in [1.54, 1.807) is 24.3 Å². The SMILES string of the molecule is CCCCCCC(F)COc1ccc(C=O)cc1. The van der Waals surface area contributed by atoms with E-state index < -0.39 is 6.17 Å². The maximum absolute atomic E-state index is 13.5. The van der Waals surface area contributed by atoms with Crippen LogP contribution in [-0.2, 0) is 0 Å². The molecule has 0 radical (unpaired) electrons. The number of unbranched alkanes of at least 4 members (excludes halogenated alkanes) is 3. The molecule has 2 nitrogen and oxygen atoms in total. The van der Waals surface area contributed by atoms with Gasteiger partial charge < -0.3 is 4.74 Å². The monoisotopic (exact) mass is 252 g/mol. The van der Waals surface area contributed by atoms with E-state index in [-0.39, 0.29) is 6.61 Å². The fraction of sp³-hybridized carbons (Fsp3) is 0.533. The van der Waals surface area contributed by atoms with E-state index in [4.69, 9.17) is 4.74 Å². The molecule has 0 saturated heterocycles. The number of aldehydes is 1. The molecule has 1 rings (SSSR count). The zero-order valence-corrected chi connectivity index (χ0v) is 10.9. The Morgan fingerprint density at radius 1 is 1.22 bits per heavy atom. The largest absolute Gasteiger partial charge is 0.491 e. The highest BCUT2D eigenvalue weighted by atomic mass is 19.1. The second kappa shape index (κ2) is 8.67. The van der Waals surface area contributed by atoms with Gasteiger partial charge in [-0.3, -0.25) is 4.79 Å². The van der Waals surface area contributed by atoms with Crippen LogP contribution >= 0.6 is 0 Å². The van der Waals surface area contributed by atoms with Crippen LogP contribution in [0.2, 0.25) is 0 Å². The summed E-state index contributed by atoms with van der Waals surface area (Å²) in [5.74, 6) is 0.608. The van der Waals surface area contributed by atoms with Gasteiger partial charge in [0, 0.05) is 5.56 Å². The summed E-state index contributed by atoms with van der Waals surface area (Å²) in [6.45, 7) is 2.23. The van der Waals surface area contributed by atoms with E-state index in [1.165, 1.54) is 6.42 Å². The molecule has 0 aliphatic heterocycles. The van der Waals surface area contributed by atoms with E-state index >= 15 is 0 Å². The summed E-state index contributed by atoms with van der Waals surface area (Å²) in [6.07, 6.45) is 4.76. The number of rotatable bonds is 9.